The second-order valence-corrected chi connectivity index (χ2v) is 9.71. The van der Waals surface area contributed by atoms with E-state index in [4.69, 9.17) is 9.47 Å². The molecule has 0 radical (unpaired) electrons. The van der Waals surface area contributed by atoms with Crippen LogP contribution < -0.4 is 10.1 Å². The molecule has 0 amide bonds. The molecule has 2 fully saturated rings. The molecular weight excluding hydrogens is 474 g/mol. The van der Waals surface area contributed by atoms with Crippen LogP contribution in [0.2, 0.25) is 0 Å². The highest BCUT2D eigenvalue weighted by atomic mass is 19.4. The number of nitrogens with zero attached hydrogens (tertiary/aromatic N) is 2. The predicted molar refractivity (Wildman–Crippen MR) is 127 cm³/mol. The van der Waals surface area contributed by atoms with Gasteiger partial charge >= 0.3 is 6.18 Å². The summed E-state index contributed by atoms with van der Waals surface area (Å²) in [6.45, 7) is 1.25. The van der Waals surface area contributed by atoms with Crippen LogP contribution in [0.1, 0.15) is 48.0 Å². The summed E-state index contributed by atoms with van der Waals surface area (Å²) in [5.41, 5.74) is 1.79. The summed E-state index contributed by atoms with van der Waals surface area (Å²) in [6, 6.07) is 11.7. The van der Waals surface area contributed by atoms with Crippen molar-refractivity contribution in [3.63, 3.8) is 0 Å². The number of aromatic nitrogens is 2. The van der Waals surface area contributed by atoms with E-state index < -0.39 is 17.6 Å². The van der Waals surface area contributed by atoms with Crippen molar-refractivity contribution in [2.24, 2.45) is 5.92 Å². The fourth-order valence-corrected chi connectivity index (χ4v) is 6.21. The third-order valence-electron chi connectivity index (χ3n) is 7.66. The summed E-state index contributed by atoms with van der Waals surface area (Å²) in [5.74, 6) is -0.293. The molecule has 0 bridgehead atoms. The van der Waals surface area contributed by atoms with Crippen molar-refractivity contribution in [2.75, 3.05) is 27.3 Å². The number of alkyl halides is 3. The van der Waals surface area contributed by atoms with Gasteiger partial charge in [0.05, 0.1) is 19.3 Å². The minimum absolute atomic E-state index is 0.0611. The third-order valence-corrected chi connectivity index (χ3v) is 7.66. The van der Waals surface area contributed by atoms with Crippen LogP contribution in [0.25, 0.3) is 5.69 Å². The Morgan fingerprint density at radius 3 is 2.67 bits per heavy atom. The molecule has 4 atom stereocenters. The van der Waals surface area contributed by atoms with Crippen molar-refractivity contribution in [2.45, 2.75) is 42.9 Å². The van der Waals surface area contributed by atoms with Crippen LogP contribution in [-0.2, 0) is 10.9 Å². The molecule has 1 aromatic heterocycles. The molecule has 3 aromatic rings. The zero-order valence-electron chi connectivity index (χ0n) is 20.2. The molecule has 9 heteroatoms. The number of ether oxygens (including phenoxy) is 2. The number of halogens is 4. The molecule has 192 valence electrons. The minimum atomic E-state index is -4.57. The predicted octanol–water partition coefficient (Wildman–Crippen LogP) is 5.69. The zero-order valence-corrected chi connectivity index (χ0v) is 20.2. The lowest BCUT2D eigenvalue weighted by Crippen LogP contribution is -2.35. The largest absolute Gasteiger partial charge is 0.496 e. The molecule has 0 unspecified atom stereocenters. The number of rotatable bonds is 6. The van der Waals surface area contributed by atoms with Gasteiger partial charge in [-0.15, -0.1) is 0 Å². The maximum atomic E-state index is 13.7. The van der Waals surface area contributed by atoms with E-state index in [2.05, 4.69) is 10.3 Å². The van der Waals surface area contributed by atoms with E-state index in [0.717, 1.165) is 41.3 Å². The van der Waals surface area contributed by atoms with E-state index in [0.29, 0.717) is 30.4 Å². The molecule has 1 aliphatic heterocycles. The van der Waals surface area contributed by atoms with Gasteiger partial charge in [0.25, 0.3) is 0 Å². The second kappa shape index (κ2) is 9.52. The summed E-state index contributed by atoms with van der Waals surface area (Å²) in [5, 5.41) is 3.28. The van der Waals surface area contributed by atoms with Crippen molar-refractivity contribution in [1.82, 2.24) is 14.9 Å². The van der Waals surface area contributed by atoms with Crippen LogP contribution in [0.5, 0.6) is 5.75 Å². The number of nitrogens with one attached hydrogen (secondary N) is 1. The Hall–Kier alpha value is -2.91. The van der Waals surface area contributed by atoms with Crippen molar-refractivity contribution in [3.8, 4) is 11.4 Å². The number of imidazole rings is 1. The number of hydrogen-bond donors (Lipinski definition) is 1. The van der Waals surface area contributed by atoms with Gasteiger partial charge in [-0.3, -0.25) is 4.57 Å². The van der Waals surface area contributed by atoms with Crippen LogP contribution >= 0.6 is 0 Å². The van der Waals surface area contributed by atoms with Crippen LogP contribution in [-0.4, -0.2) is 42.5 Å². The summed E-state index contributed by atoms with van der Waals surface area (Å²) in [6.07, 6.45) is 0.416. The standard InChI is InChI=1S/C27H29F4N3O2/c1-32-15-18-9-10-26(24(18)17-3-5-20(28)6-4-17)14-19(16-36-26)22-13-21(7-8-23(22)35-2)34-12-11-33-25(34)27(29,30)31/h3-8,11-13,18-19,24,32H,9-10,14-16H2,1-2H3/t18-,19-,24-,26-/m1/s1. The first kappa shape index (κ1) is 24.8. The van der Waals surface area contributed by atoms with E-state index in [1.165, 1.54) is 18.3 Å². The molecule has 1 spiro atoms. The van der Waals surface area contributed by atoms with Crippen molar-refractivity contribution < 1.29 is 27.0 Å². The first-order valence-corrected chi connectivity index (χ1v) is 12.1. The van der Waals surface area contributed by atoms with Gasteiger partial charge in [-0.1, -0.05) is 12.1 Å². The average molecular weight is 504 g/mol. The SMILES string of the molecule is CNC[C@H]1CC[C@@]2(C[C@@H](c3cc(-n4ccnc4C(F)(F)F)ccc3OC)CO2)[C@@H]1c1ccc(F)cc1. The van der Waals surface area contributed by atoms with Gasteiger partial charge in [0.15, 0.2) is 0 Å². The molecular formula is C27H29F4N3O2. The molecule has 2 aromatic carbocycles. The Labute approximate surface area is 207 Å². The quantitative estimate of drug-likeness (QED) is 0.439. The molecule has 1 aliphatic carbocycles. The summed E-state index contributed by atoms with van der Waals surface area (Å²) in [4.78, 5) is 3.52. The lowest BCUT2D eigenvalue weighted by Gasteiger charge is -2.34. The Kier molecular flexibility index (Phi) is 6.55. The monoisotopic (exact) mass is 503 g/mol. The summed E-state index contributed by atoms with van der Waals surface area (Å²) >= 11 is 0. The van der Waals surface area contributed by atoms with Gasteiger partial charge in [0, 0.05) is 35.5 Å². The van der Waals surface area contributed by atoms with Gasteiger partial charge in [0.2, 0.25) is 5.82 Å². The normalized spacial score (nSPS) is 26.1. The topological polar surface area (TPSA) is 48.3 Å². The van der Waals surface area contributed by atoms with Crippen molar-refractivity contribution in [1.29, 1.82) is 0 Å². The fraction of sp³-hybridized carbons (Fsp3) is 0.444. The summed E-state index contributed by atoms with van der Waals surface area (Å²) in [7, 11) is 3.48. The highest BCUT2D eigenvalue weighted by Gasteiger charge is 2.54. The van der Waals surface area contributed by atoms with Gasteiger partial charge in [0.1, 0.15) is 11.6 Å². The second-order valence-electron chi connectivity index (χ2n) is 9.71. The lowest BCUT2D eigenvalue weighted by atomic mass is 9.76. The first-order chi connectivity index (χ1) is 17.3. The minimum Gasteiger partial charge on any atom is -0.496 e. The molecule has 1 N–H and O–H groups in total. The number of benzene rings is 2. The molecule has 1 saturated heterocycles. The Balaban J connectivity index is 1.49. The van der Waals surface area contributed by atoms with Gasteiger partial charge < -0.3 is 14.8 Å². The molecule has 36 heavy (non-hydrogen) atoms. The smallest absolute Gasteiger partial charge is 0.450 e. The van der Waals surface area contributed by atoms with Crippen LogP contribution in [0, 0.1) is 11.7 Å². The van der Waals surface area contributed by atoms with Crippen LogP contribution in [0.15, 0.2) is 54.9 Å². The van der Waals surface area contributed by atoms with E-state index in [9.17, 15) is 17.6 Å². The molecule has 5 nitrogen and oxygen atoms in total. The van der Waals surface area contributed by atoms with Gasteiger partial charge in [-0.2, -0.15) is 13.2 Å². The molecule has 1 saturated carbocycles. The van der Waals surface area contributed by atoms with E-state index in [1.54, 1.807) is 25.3 Å². The van der Waals surface area contributed by atoms with Gasteiger partial charge in [-0.05, 0) is 74.7 Å². The highest BCUT2D eigenvalue weighted by Crippen LogP contribution is 2.57. The molecule has 5 rings (SSSR count). The molecule has 2 aliphatic rings. The lowest BCUT2D eigenvalue weighted by molar-refractivity contribution is -0.145. The highest BCUT2D eigenvalue weighted by molar-refractivity contribution is 5.48. The Morgan fingerprint density at radius 1 is 1.19 bits per heavy atom. The number of hydrogen-bond acceptors (Lipinski definition) is 4. The summed E-state index contributed by atoms with van der Waals surface area (Å²) < 4.78 is 67.4. The average Bonchev–Trinajstić information content (AvgIpc) is 3.59. The molecule has 2 heterocycles. The van der Waals surface area contributed by atoms with E-state index >= 15 is 0 Å². The fourth-order valence-electron chi connectivity index (χ4n) is 6.21. The zero-order chi connectivity index (χ0) is 25.5. The van der Waals surface area contributed by atoms with Gasteiger partial charge in [-0.25, -0.2) is 9.37 Å². The Bertz CT molecular complexity index is 1210. The third kappa shape index (κ3) is 4.39. The first-order valence-electron chi connectivity index (χ1n) is 12.1. The maximum absolute atomic E-state index is 13.7. The van der Waals surface area contributed by atoms with Crippen LogP contribution in [0.3, 0.4) is 0 Å². The Morgan fingerprint density at radius 2 is 1.97 bits per heavy atom. The van der Waals surface area contributed by atoms with E-state index in [-0.39, 0.29) is 17.7 Å². The van der Waals surface area contributed by atoms with Crippen molar-refractivity contribution in [3.05, 3.63) is 77.6 Å². The van der Waals surface area contributed by atoms with Crippen molar-refractivity contribution >= 4 is 0 Å². The van der Waals surface area contributed by atoms with Crippen LogP contribution in [0.4, 0.5) is 17.6 Å². The number of methoxy groups -OCH3 is 1. The maximum Gasteiger partial charge on any atom is 0.450 e. The van der Waals surface area contributed by atoms with E-state index in [1.807, 2.05) is 19.2 Å².